The Kier molecular flexibility index (Phi) is 8.76. The number of hydrogen-bond donors (Lipinski definition) is 2. The molecule has 1 aromatic rings. The number of amidine groups is 1. The molecule has 0 aliphatic carbocycles. The number of rotatable bonds is 11. The second kappa shape index (κ2) is 10.8. The number of oxime groups is 1. The normalized spacial score (nSPS) is 11.6. The van der Waals surface area contributed by atoms with Crippen LogP contribution < -0.4 is 10.5 Å². The highest BCUT2D eigenvalue weighted by atomic mass is 16.6. The molecule has 0 unspecified atom stereocenters. The fraction of sp³-hybridized carbons (Fsp3) is 0.583. The van der Waals surface area contributed by atoms with Crippen LogP contribution in [0.15, 0.2) is 17.4 Å². The molecule has 0 spiro atoms. The molecule has 0 atom stereocenters. The van der Waals surface area contributed by atoms with Gasteiger partial charge in [-0.3, -0.25) is 0 Å². The molecular formula is C12H20N4O5. The lowest BCUT2D eigenvalue weighted by atomic mass is 10.4. The Hall–Kier alpha value is -1.97. The van der Waals surface area contributed by atoms with Crippen LogP contribution in [0, 0.1) is 0 Å². The molecule has 1 rings (SSSR count). The van der Waals surface area contributed by atoms with Crippen LogP contribution in [-0.2, 0) is 14.2 Å². The summed E-state index contributed by atoms with van der Waals surface area (Å²) in [5.41, 5.74) is 5.70. The van der Waals surface area contributed by atoms with E-state index in [-0.39, 0.29) is 24.1 Å². The highest BCUT2D eigenvalue weighted by Crippen LogP contribution is 2.02. The first-order valence-corrected chi connectivity index (χ1v) is 6.36. The molecule has 0 saturated heterocycles. The first-order chi connectivity index (χ1) is 10.3. The lowest BCUT2D eigenvalue weighted by Gasteiger charge is -2.07. The maximum Gasteiger partial charge on any atom is 0.317 e. The van der Waals surface area contributed by atoms with Crippen molar-refractivity contribution in [1.82, 2.24) is 9.97 Å². The van der Waals surface area contributed by atoms with Gasteiger partial charge in [-0.05, 0) is 6.07 Å². The van der Waals surface area contributed by atoms with E-state index in [0.29, 0.717) is 33.0 Å². The van der Waals surface area contributed by atoms with Crippen LogP contribution in [-0.4, -0.2) is 67.8 Å². The summed E-state index contributed by atoms with van der Waals surface area (Å²) in [5, 5.41) is 11.4. The zero-order valence-electron chi connectivity index (χ0n) is 11.9. The van der Waals surface area contributed by atoms with E-state index in [2.05, 4.69) is 15.1 Å². The highest BCUT2D eigenvalue weighted by molar-refractivity contribution is 5.95. The van der Waals surface area contributed by atoms with Gasteiger partial charge in [0.1, 0.15) is 12.3 Å². The van der Waals surface area contributed by atoms with E-state index in [1.54, 1.807) is 7.11 Å². The molecule has 1 heterocycles. The number of ether oxygens (including phenoxy) is 4. The van der Waals surface area contributed by atoms with Gasteiger partial charge in [0.15, 0.2) is 5.84 Å². The molecular weight excluding hydrogens is 280 g/mol. The summed E-state index contributed by atoms with van der Waals surface area (Å²) in [4.78, 5) is 7.87. The Balaban J connectivity index is 2.13. The molecule has 9 nitrogen and oxygen atoms in total. The Labute approximate surface area is 122 Å². The third kappa shape index (κ3) is 7.40. The minimum atomic E-state index is -0.105. The van der Waals surface area contributed by atoms with Gasteiger partial charge in [-0.15, -0.1) is 0 Å². The van der Waals surface area contributed by atoms with Gasteiger partial charge in [-0.1, -0.05) is 5.16 Å². The summed E-state index contributed by atoms with van der Waals surface area (Å²) >= 11 is 0. The number of nitrogens with two attached hydrogens (primary N) is 1. The third-order valence-electron chi connectivity index (χ3n) is 2.27. The summed E-state index contributed by atoms with van der Waals surface area (Å²) in [6.45, 7) is 2.75. The van der Waals surface area contributed by atoms with Crippen molar-refractivity contribution in [2.75, 3.05) is 46.8 Å². The Bertz CT molecular complexity index is 430. The van der Waals surface area contributed by atoms with Crippen LogP contribution >= 0.6 is 0 Å². The Morgan fingerprint density at radius 1 is 1.19 bits per heavy atom. The molecule has 0 fully saturated rings. The smallest absolute Gasteiger partial charge is 0.317 e. The summed E-state index contributed by atoms with van der Waals surface area (Å²) in [6.07, 6.45) is 1.46. The molecule has 0 aromatic carbocycles. The minimum absolute atomic E-state index is 0.105. The van der Waals surface area contributed by atoms with E-state index in [4.69, 9.17) is 29.9 Å². The van der Waals surface area contributed by atoms with Crippen LogP contribution in [0.5, 0.6) is 6.01 Å². The van der Waals surface area contributed by atoms with E-state index in [0.717, 1.165) is 0 Å². The highest BCUT2D eigenvalue weighted by Gasteiger charge is 2.04. The topological polar surface area (TPSA) is 121 Å². The monoisotopic (exact) mass is 300 g/mol. The molecule has 0 bridgehead atoms. The molecule has 0 amide bonds. The quantitative estimate of drug-likeness (QED) is 0.187. The van der Waals surface area contributed by atoms with Crippen molar-refractivity contribution in [3.05, 3.63) is 18.0 Å². The predicted octanol–water partition coefficient (Wildman–Crippen LogP) is -0.370. The van der Waals surface area contributed by atoms with Crippen LogP contribution in [0.1, 0.15) is 5.69 Å². The molecule has 3 N–H and O–H groups in total. The van der Waals surface area contributed by atoms with E-state index in [9.17, 15) is 0 Å². The second-order valence-electron chi connectivity index (χ2n) is 3.78. The summed E-state index contributed by atoms with van der Waals surface area (Å²) < 4.78 is 20.7. The van der Waals surface area contributed by atoms with Crippen molar-refractivity contribution >= 4 is 5.84 Å². The molecule has 0 aliphatic rings. The Morgan fingerprint density at radius 3 is 2.52 bits per heavy atom. The van der Waals surface area contributed by atoms with Crippen molar-refractivity contribution in [2.24, 2.45) is 10.9 Å². The van der Waals surface area contributed by atoms with Crippen molar-refractivity contribution in [3.8, 4) is 6.01 Å². The fourth-order valence-electron chi connectivity index (χ4n) is 1.26. The third-order valence-corrected chi connectivity index (χ3v) is 2.27. The van der Waals surface area contributed by atoms with Crippen molar-refractivity contribution < 1.29 is 24.2 Å². The number of hydrogen-bond acceptors (Lipinski definition) is 8. The summed E-state index contributed by atoms with van der Waals surface area (Å²) in [7, 11) is 1.62. The molecule has 0 saturated carbocycles. The minimum Gasteiger partial charge on any atom is -0.461 e. The number of aromatic nitrogens is 2. The molecule has 118 valence electrons. The predicted molar refractivity (Wildman–Crippen MR) is 73.6 cm³/mol. The largest absolute Gasteiger partial charge is 0.461 e. The first-order valence-electron chi connectivity index (χ1n) is 6.36. The second-order valence-corrected chi connectivity index (χ2v) is 3.78. The fourth-order valence-corrected chi connectivity index (χ4v) is 1.26. The van der Waals surface area contributed by atoms with Gasteiger partial charge in [0.2, 0.25) is 0 Å². The van der Waals surface area contributed by atoms with E-state index in [1.807, 2.05) is 0 Å². The summed E-state index contributed by atoms with van der Waals surface area (Å²) in [5.74, 6) is -0.105. The van der Waals surface area contributed by atoms with Gasteiger partial charge in [-0.25, -0.2) is 4.98 Å². The maximum absolute atomic E-state index is 8.55. The average molecular weight is 300 g/mol. The van der Waals surface area contributed by atoms with Crippen molar-refractivity contribution in [1.29, 1.82) is 0 Å². The van der Waals surface area contributed by atoms with E-state index >= 15 is 0 Å². The van der Waals surface area contributed by atoms with Gasteiger partial charge in [-0.2, -0.15) is 4.98 Å². The molecule has 0 radical (unpaired) electrons. The molecule has 1 aromatic heterocycles. The van der Waals surface area contributed by atoms with Crippen LogP contribution in [0.25, 0.3) is 0 Å². The van der Waals surface area contributed by atoms with Crippen LogP contribution in [0.3, 0.4) is 0 Å². The van der Waals surface area contributed by atoms with Gasteiger partial charge in [0, 0.05) is 13.3 Å². The standard InChI is InChI=1S/C12H20N4O5/c1-18-4-5-19-6-7-20-8-9-21-12-14-3-2-10(15-12)11(13)16-17/h2-3,17H,4-9H2,1H3,(H2,13,16). The van der Waals surface area contributed by atoms with E-state index < -0.39 is 0 Å². The Morgan fingerprint density at radius 2 is 1.86 bits per heavy atom. The maximum atomic E-state index is 8.55. The van der Waals surface area contributed by atoms with Gasteiger partial charge < -0.3 is 29.9 Å². The van der Waals surface area contributed by atoms with Crippen molar-refractivity contribution in [3.63, 3.8) is 0 Å². The average Bonchev–Trinajstić information content (AvgIpc) is 2.53. The SMILES string of the molecule is COCCOCCOCCOc1nccc(/C(N)=N/O)n1. The summed E-state index contributed by atoms with van der Waals surface area (Å²) in [6, 6.07) is 1.65. The van der Waals surface area contributed by atoms with E-state index in [1.165, 1.54) is 12.3 Å². The molecule has 9 heteroatoms. The van der Waals surface area contributed by atoms with Crippen LogP contribution in [0.4, 0.5) is 0 Å². The molecule has 21 heavy (non-hydrogen) atoms. The lowest BCUT2D eigenvalue weighted by Crippen LogP contribution is -2.17. The number of nitrogens with zero attached hydrogens (tertiary/aromatic N) is 3. The lowest BCUT2D eigenvalue weighted by molar-refractivity contribution is 0.0173. The van der Waals surface area contributed by atoms with Crippen molar-refractivity contribution in [2.45, 2.75) is 0 Å². The zero-order chi connectivity index (χ0) is 15.3. The molecule has 0 aliphatic heterocycles. The zero-order valence-corrected chi connectivity index (χ0v) is 11.9. The number of methoxy groups -OCH3 is 1. The van der Waals surface area contributed by atoms with Gasteiger partial charge in [0.05, 0.1) is 33.0 Å². The van der Waals surface area contributed by atoms with Crippen LogP contribution in [0.2, 0.25) is 0 Å². The first kappa shape index (κ1) is 17.1. The van der Waals surface area contributed by atoms with Gasteiger partial charge in [0.25, 0.3) is 0 Å². The van der Waals surface area contributed by atoms with Gasteiger partial charge >= 0.3 is 6.01 Å².